The molecule has 0 unspecified atom stereocenters. The molecule has 7 nitrogen and oxygen atoms in total. The molecule has 0 bridgehead atoms. The van der Waals surface area contributed by atoms with Crippen LogP contribution >= 0.6 is 11.6 Å². The van der Waals surface area contributed by atoms with Crippen LogP contribution in [-0.4, -0.2) is 35.6 Å². The van der Waals surface area contributed by atoms with Gasteiger partial charge in [0.25, 0.3) is 5.91 Å². The predicted molar refractivity (Wildman–Crippen MR) is 122 cm³/mol. The summed E-state index contributed by atoms with van der Waals surface area (Å²) in [6, 6.07) is 8.28. The van der Waals surface area contributed by atoms with Crippen LogP contribution in [0.25, 0.3) is 0 Å². The maximum absolute atomic E-state index is 12.4. The van der Waals surface area contributed by atoms with Crippen LogP contribution in [0.2, 0.25) is 5.02 Å². The Labute approximate surface area is 180 Å². The summed E-state index contributed by atoms with van der Waals surface area (Å²) in [5.74, 6) is 6.23. The van der Waals surface area contributed by atoms with E-state index in [-0.39, 0.29) is 11.7 Å². The molecule has 1 aromatic carbocycles. The van der Waals surface area contributed by atoms with Gasteiger partial charge in [0, 0.05) is 47.7 Å². The zero-order valence-corrected chi connectivity index (χ0v) is 17.8. The molecule has 0 aliphatic carbocycles. The van der Waals surface area contributed by atoms with Crippen molar-refractivity contribution in [3.8, 4) is 11.8 Å². The monoisotopic (exact) mass is 422 g/mol. The van der Waals surface area contributed by atoms with Gasteiger partial charge in [0.15, 0.2) is 0 Å². The molecule has 0 aliphatic rings. The highest BCUT2D eigenvalue weighted by molar-refractivity contribution is 6.32. The van der Waals surface area contributed by atoms with Crippen molar-refractivity contribution in [2.45, 2.75) is 6.92 Å². The van der Waals surface area contributed by atoms with E-state index >= 15 is 0 Å². The fourth-order valence-corrected chi connectivity index (χ4v) is 2.71. The maximum Gasteiger partial charge on any atom is 0.253 e. The van der Waals surface area contributed by atoms with Crippen molar-refractivity contribution >= 4 is 29.0 Å². The third-order valence-electron chi connectivity index (χ3n) is 3.83. The van der Waals surface area contributed by atoms with Crippen LogP contribution in [0.4, 0.5) is 5.82 Å². The Morgan fingerprint density at radius 3 is 2.40 bits per heavy atom. The number of amides is 1. The zero-order chi connectivity index (χ0) is 22.4. The van der Waals surface area contributed by atoms with E-state index in [0.717, 1.165) is 0 Å². The molecule has 6 N–H and O–H groups in total. The van der Waals surface area contributed by atoms with E-state index in [9.17, 15) is 4.79 Å². The summed E-state index contributed by atoms with van der Waals surface area (Å²) in [6.07, 6.45) is 1.55. The van der Waals surface area contributed by atoms with Crippen molar-refractivity contribution < 1.29 is 4.79 Å². The van der Waals surface area contributed by atoms with E-state index < -0.39 is 0 Å². The molecule has 0 spiro atoms. The van der Waals surface area contributed by atoms with Crippen molar-refractivity contribution in [2.75, 3.05) is 19.8 Å². The Bertz CT molecular complexity index is 1100. The molecule has 0 radical (unpaired) electrons. The van der Waals surface area contributed by atoms with Crippen molar-refractivity contribution in [1.29, 1.82) is 0 Å². The molecule has 2 rings (SSSR count). The van der Waals surface area contributed by atoms with Crippen LogP contribution in [0.5, 0.6) is 0 Å². The highest BCUT2D eigenvalue weighted by Gasteiger charge is 2.16. The van der Waals surface area contributed by atoms with Gasteiger partial charge in [-0.05, 0) is 37.3 Å². The third kappa shape index (κ3) is 5.87. The number of nitrogens with zero attached hydrogens (tertiary/aromatic N) is 3. The van der Waals surface area contributed by atoms with Crippen LogP contribution in [0.15, 0.2) is 65.2 Å². The lowest BCUT2D eigenvalue weighted by molar-refractivity contribution is 0.0827. The zero-order valence-electron chi connectivity index (χ0n) is 17.0. The van der Waals surface area contributed by atoms with Gasteiger partial charge in [0.05, 0.1) is 11.3 Å². The quantitative estimate of drug-likeness (QED) is 0.516. The number of pyridine rings is 1. The van der Waals surface area contributed by atoms with Crippen molar-refractivity contribution in [2.24, 2.45) is 16.5 Å². The van der Waals surface area contributed by atoms with Crippen LogP contribution in [0.3, 0.4) is 0 Å². The highest BCUT2D eigenvalue weighted by atomic mass is 35.5. The first-order chi connectivity index (χ1) is 14.1. The van der Waals surface area contributed by atoms with E-state index in [1.807, 2.05) is 0 Å². The normalized spacial score (nSPS) is 11.8. The second kappa shape index (κ2) is 9.63. The smallest absolute Gasteiger partial charge is 0.253 e. The summed E-state index contributed by atoms with van der Waals surface area (Å²) in [7, 11) is 3.31. The lowest BCUT2D eigenvalue weighted by atomic mass is 9.98. The first-order valence-electron chi connectivity index (χ1n) is 8.84. The van der Waals surface area contributed by atoms with E-state index in [2.05, 4.69) is 28.4 Å². The molecule has 154 valence electrons. The molecule has 1 heterocycles. The number of nitrogens with two attached hydrogens (primary N) is 3. The average Bonchev–Trinajstić information content (AvgIpc) is 2.67. The number of aromatic nitrogens is 1. The van der Waals surface area contributed by atoms with Gasteiger partial charge in [-0.15, -0.1) is 0 Å². The third-order valence-corrected chi connectivity index (χ3v) is 4.05. The number of aliphatic imine (C=N–C) groups is 1. The van der Waals surface area contributed by atoms with Crippen LogP contribution in [-0.2, 0) is 0 Å². The van der Waals surface area contributed by atoms with Gasteiger partial charge >= 0.3 is 0 Å². The number of carbonyl (C=O) groups is 1. The first kappa shape index (κ1) is 22.5. The number of hydrogen-bond donors (Lipinski definition) is 3. The molecule has 30 heavy (non-hydrogen) atoms. The number of hydrogen-bond acceptors (Lipinski definition) is 6. The largest absolute Gasteiger partial charge is 0.401 e. The molecule has 1 aromatic heterocycles. The second-order valence-corrected chi connectivity index (χ2v) is 7.10. The molecule has 1 amide bonds. The molecule has 0 saturated carbocycles. The molecule has 8 heteroatoms. The number of nitrogen functional groups attached to an aromatic ring is 1. The Hall–Kier alpha value is -3.76. The van der Waals surface area contributed by atoms with Gasteiger partial charge in [-0.2, -0.15) is 0 Å². The molecule has 0 fully saturated rings. The van der Waals surface area contributed by atoms with Crippen LogP contribution < -0.4 is 17.2 Å². The Morgan fingerprint density at radius 1 is 1.20 bits per heavy atom. The van der Waals surface area contributed by atoms with Crippen molar-refractivity contribution in [1.82, 2.24) is 9.88 Å². The summed E-state index contributed by atoms with van der Waals surface area (Å²) >= 11 is 6.27. The van der Waals surface area contributed by atoms with Gasteiger partial charge in [-0.25, -0.2) is 9.98 Å². The number of carbonyl (C=O) groups excluding carboxylic acids is 1. The van der Waals surface area contributed by atoms with E-state index in [4.69, 9.17) is 28.8 Å². The fraction of sp³-hybridized carbons (Fsp3) is 0.136. The summed E-state index contributed by atoms with van der Waals surface area (Å²) in [6.45, 7) is 5.34. The number of benzene rings is 1. The first-order valence-corrected chi connectivity index (χ1v) is 9.22. The van der Waals surface area contributed by atoms with Gasteiger partial charge in [0.1, 0.15) is 11.6 Å². The number of rotatable bonds is 4. The maximum atomic E-state index is 12.4. The van der Waals surface area contributed by atoms with Crippen LogP contribution in [0, 0.1) is 11.8 Å². The topological polar surface area (TPSA) is 124 Å². The molecular formula is C22H23ClN6O. The highest BCUT2D eigenvalue weighted by Crippen LogP contribution is 2.21. The lowest BCUT2D eigenvalue weighted by Crippen LogP contribution is -2.22. The molecule has 0 saturated heterocycles. The summed E-state index contributed by atoms with van der Waals surface area (Å²) in [4.78, 5) is 22.2. The van der Waals surface area contributed by atoms with Gasteiger partial charge in [-0.1, -0.05) is 30.0 Å². The van der Waals surface area contributed by atoms with Gasteiger partial charge in [-0.3, -0.25) is 4.79 Å². The summed E-state index contributed by atoms with van der Waals surface area (Å²) < 4.78 is 0. The minimum Gasteiger partial charge on any atom is -0.401 e. The minimum absolute atomic E-state index is 0.0557. The second-order valence-electron chi connectivity index (χ2n) is 6.66. The fourth-order valence-electron chi connectivity index (χ4n) is 2.47. The summed E-state index contributed by atoms with van der Waals surface area (Å²) in [5.41, 5.74) is 20.2. The average molecular weight is 423 g/mol. The molecule has 0 atom stereocenters. The number of anilines is 1. The van der Waals surface area contributed by atoms with Gasteiger partial charge < -0.3 is 22.1 Å². The SMILES string of the molecule is C=C(N)/N=C(\C(C#Cc1ccc(N)nc1)=C(\C)N)c1cc(Cl)cc(C(=O)N(C)C)c1. The van der Waals surface area contributed by atoms with Crippen molar-refractivity contribution in [3.63, 3.8) is 0 Å². The molecule has 2 aromatic rings. The van der Waals surface area contributed by atoms with E-state index in [1.165, 1.54) is 4.90 Å². The number of halogens is 1. The molecule has 0 aliphatic heterocycles. The van der Waals surface area contributed by atoms with Crippen molar-refractivity contribution in [3.05, 3.63) is 81.9 Å². The molecular weight excluding hydrogens is 400 g/mol. The van der Waals surface area contributed by atoms with Crippen LogP contribution in [0.1, 0.15) is 28.4 Å². The lowest BCUT2D eigenvalue weighted by Gasteiger charge is -2.14. The predicted octanol–water partition coefficient (Wildman–Crippen LogP) is 2.52. The minimum atomic E-state index is -0.210. The Balaban J connectivity index is 2.64. The van der Waals surface area contributed by atoms with E-state index in [0.29, 0.717) is 44.5 Å². The Kier molecular flexibility index (Phi) is 7.23. The summed E-state index contributed by atoms with van der Waals surface area (Å²) in [5, 5.41) is 0.359. The Morgan fingerprint density at radius 2 is 1.87 bits per heavy atom. The number of allylic oxidation sites excluding steroid dienone is 2. The van der Waals surface area contributed by atoms with E-state index in [1.54, 1.807) is 57.5 Å². The van der Waals surface area contributed by atoms with Gasteiger partial charge in [0.2, 0.25) is 0 Å². The standard InChI is InChI=1S/C22H23ClN6O/c1-13(24)19(7-5-15-6-8-20(26)27-12-15)21(28-14(2)25)16-9-17(11-18(23)10-16)22(30)29(3)4/h6,8-12H,2,24-25H2,1,3-4H3,(H2,26,27)/b19-13-,28-21-.